The summed E-state index contributed by atoms with van der Waals surface area (Å²) >= 11 is 0. The molecule has 9 nitrogen and oxygen atoms in total. The zero-order chi connectivity index (χ0) is 30.0. The molecular formula is C31H39N3O6S. The Morgan fingerprint density at radius 2 is 1.54 bits per heavy atom. The van der Waals surface area contributed by atoms with E-state index in [4.69, 9.17) is 9.47 Å². The molecule has 0 saturated carbocycles. The van der Waals surface area contributed by atoms with Crippen LogP contribution < -0.4 is 19.1 Å². The molecule has 0 aromatic heterocycles. The number of nitrogens with zero attached hydrogens (tertiary/aromatic N) is 2. The molecule has 0 aliphatic rings. The number of amides is 2. The van der Waals surface area contributed by atoms with Gasteiger partial charge in [-0.05, 0) is 66.4 Å². The summed E-state index contributed by atoms with van der Waals surface area (Å²) in [7, 11) is -1.11. The summed E-state index contributed by atoms with van der Waals surface area (Å²) in [6.45, 7) is 5.85. The van der Waals surface area contributed by atoms with Crippen LogP contribution in [0.1, 0.15) is 32.8 Å². The minimum absolute atomic E-state index is 0.0102. The number of sulfonamides is 1. The summed E-state index contributed by atoms with van der Waals surface area (Å²) in [5, 5.41) is 2.93. The number of para-hydroxylation sites is 1. The standard InChI is InChI=1S/C31H39N3O6S/c1-6-29(31(36)32-20-23(2)3)33(21-24-11-10-14-27(19-24)40-5)30(35)22-34(25-12-8-7-9-13-25)41(37,38)28-17-15-26(39-4)16-18-28/h7-19,23,29H,6,20-22H2,1-5H3,(H,32,36)/t29-/m1/s1. The summed E-state index contributed by atoms with van der Waals surface area (Å²) in [5.41, 5.74) is 1.08. The number of ether oxygens (including phenoxy) is 2. The van der Waals surface area contributed by atoms with Gasteiger partial charge in [0.15, 0.2) is 0 Å². The molecular weight excluding hydrogens is 542 g/mol. The monoisotopic (exact) mass is 581 g/mol. The van der Waals surface area contributed by atoms with E-state index >= 15 is 0 Å². The van der Waals surface area contributed by atoms with Gasteiger partial charge in [-0.25, -0.2) is 8.42 Å². The fourth-order valence-electron chi connectivity index (χ4n) is 4.31. The van der Waals surface area contributed by atoms with Crippen LogP contribution >= 0.6 is 0 Å². The van der Waals surface area contributed by atoms with E-state index in [-0.39, 0.29) is 23.3 Å². The molecule has 2 amide bonds. The Bertz CT molecular complexity index is 1390. The summed E-state index contributed by atoms with van der Waals surface area (Å²) in [6.07, 6.45) is 0.343. The summed E-state index contributed by atoms with van der Waals surface area (Å²) in [4.78, 5) is 28.9. The van der Waals surface area contributed by atoms with Gasteiger partial charge in [0.1, 0.15) is 24.1 Å². The van der Waals surface area contributed by atoms with Crippen molar-refractivity contribution < 1.29 is 27.5 Å². The van der Waals surface area contributed by atoms with Gasteiger partial charge in [0.25, 0.3) is 10.0 Å². The molecule has 0 unspecified atom stereocenters. The Labute approximate surface area is 243 Å². The van der Waals surface area contributed by atoms with Gasteiger partial charge in [0.2, 0.25) is 11.8 Å². The number of carbonyl (C=O) groups is 2. The molecule has 220 valence electrons. The average Bonchev–Trinajstić information content (AvgIpc) is 2.99. The van der Waals surface area contributed by atoms with Gasteiger partial charge >= 0.3 is 0 Å². The highest BCUT2D eigenvalue weighted by Crippen LogP contribution is 2.26. The molecule has 0 bridgehead atoms. The molecule has 0 saturated heterocycles. The lowest BCUT2D eigenvalue weighted by Crippen LogP contribution is -2.52. The van der Waals surface area contributed by atoms with E-state index in [0.29, 0.717) is 30.2 Å². The number of benzene rings is 3. The first-order valence-electron chi connectivity index (χ1n) is 13.5. The maximum atomic E-state index is 14.1. The highest BCUT2D eigenvalue weighted by atomic mass is 32.2. The lowest BCUT2D eigenvalue weighted by Gasteiger charge is -2.33. The van der Waals surface area contributed by atoms with Gasteiger partial charge in [0.05, 0.1) is 24.8 Å². The van der Waals surface area contributed by atoms with Crippen molar-refractivity contribution in [1.82, 2.24) is 10.2 Å². The van der Waals surface area contributed by atoms with Gasteiger partial charge < -0.3 is 19.7 Å². The number of rotatable bonds is 14. The fourth-order valence-corrected chi connectivity index (χ4v) is 5.72. The van der Waals surface area contributed by atoms with Crippen LogP contribution in [0.25, 0.3) is 0 Å². The fraction of sp³-hybridized carbons (Fsp3) is 0.355. The second-order valence-electron chi connectivity index (χ2n) is 9.96. The molecule has 3 aromatic rings. The second-order valence-corrected chi connectivity index (χ2v) is 11.8. The Balaban J connectivity index is 2.03. The van der Waals surface area contributed by atoms with Crippen molar-refractivity contribution in [3.05, 3.63) is 84.4 Å². The van der Waals surface area contributed by atoms with E-state index in [1.54, 1.807) is 67.8 Å². The van der Waals surface area contributed by atoms with E-state index in [1.807, 2.05) is 26.8 Å². The van der Waals surface area contributed by atoms with Crippen LogP contribution in [0, 0.1) is 5.92 Å². The Morgan fingerprint density at radius 3 is 2.12 bits per heavy atom. The predicted octanol–water partition coefficient (Wildman–Crippen LogP) is 4.48. The highest BCUT2D eigenvalue weighted by molar-refractivity contribution is 7.92. The third kappa shape index (κ3) is 8.23. The smallest absolute Gasteiger partial charge is 0.264 e. The van der Waals surface area contributed by atoms with Crippen LogP contribution in [0.3, 0.4) is 0 Å². The molecule has 0 fully saturated rings. The molecule has 0 radical (unpaired) electrons. The Morgan fingerprint density at radius 1 is 0.878 bits per heavy atom. The van der Waals surface area contributed by atoms with E-state index in [9.17, 15) is 18.0 Å². The van der Waals surface area contributed by atoms with Crippen molar-refractivity contribution in [2.75, 3.05) is 31.6 Å². The zero-order valence-electron chi connectivity index (χ0n) is 24.2. The first kappa shape index (κ1) is 31.5. The molecule has 3 aromatic carbocycles. The summed E-state index contributed by atoms with van der Waals surface area (Å²) in [6, 6.07) is 20.9. The Kier molecular flexibility index (Phi) is 11.2. The third-order valence-electron chi connectivity index (χ3n) is 6.53. The molecule has 0 heterocycles. The van der Waals surface area contributed by atoms with Crippen LogP contribution in [0.15, 0.2) is 83.8 Å². The SMILES string of the molecule is CC[C@H](C(=O)NCC(C)C)N(Cc1cccc(OC)c1)C(=O)CN(c1ccccc1)S(=O)(=O)c1ccc(OC)cc1. The second kappa shape index (κ2) is 14.5. The molecule has 0 aliphatic heterocycles. The van der Waals surface area contributed by atoms with Crippen molar-refractivity contribution in [2.24, 2.45) is 5.92 Å². The summed E-state index contributed by atoms with van der Waals surface area (Å²) in [5.74, 6) is 0.540. The molecule has 41 heavy (non-hydrogen) atoms. The topological polar surface area (TPSA) is 105 Å². The molecule has 0 spiro atoms. The largest absolute Gasteiger partial charge is 0.497 e. The average molecular weight is 582 g/mol. The van der Waals surface area contributed by atoms with Gasteiger partial charge in [0, 0.05) is 13.1 Å². The van der Waals surface area contributed by atoms with Crippen molar-refractivity contribution in [3.8, 4) is 11.5 Å². The van der Waals surface area contributed by atoms with Crippen LogP contribution in [-0.2, 0) is 26.2 Å². The highest BCUT2D eigenvalue weighted by Gasteiger charge is 2.33. The maximum absolute atomic E-state index is 14.1. The quantitative estimate of drug-likeness (QED) is 0.301. The number of nitrogens with one attached hydrogen (secondary N) is 1. The number of hydrogen-bond acceptors (Lipinski definition) is 6. The van der Waals surface area contributed by atoms with Crippen LogP contribution in [0.2, 0.25) is 0 Å². The zero-order valence-corrected chi connectivity index (χ0v) is 25.1. The number of hydrogen-bond donors (Lipinski definition) is 1. The maximum Gasteiger partial charge on any atom is 0.264 e. The van der Waals surface area contributed by atoms with Crippen molar-refractivity contribution in [1.29, 1.82) is 0 Å². The molecule has 1 N–H and O–H groups in total. The molecule has 10 heteroatoms. The first-order valence-corrected chi connectivity index (χ1v) is 15.0. The number of carbonyl (C=O) groups excluding carboxylic acids is 2. The first-order chi connectivity index (χ1) is 19.6. The number of anilines is 1. The van der Waals surface area contributed by atoms with Crippen molar-refractivity contribution >= 4 is 27.5 Å². The molecule has 1 atom stereocenters. The lowest BCUT2D eigenvalue weighted by molar-refractivity contribution is -0.140. The predicted molar refractivity (Wildman–Crippen MR) is 159 cm³/mol. The molecule has 3 rings (SSSR count). The minimum atomic E-state index is -4.16. The van der Waals surface area contributed by atoms with Gasteiger partial charge in [-0.3, -0.25) is 13.9 Å². The summed E-state index contributed by atoms with van der Waals surface area (Å²) < 4.78 is 39.4. The van der Waals surface area contributed by atoms with Crippen molar-refractivity contribution in [3.63, 3.8) is 0 Å². The van der Waals surface area contributed by atoms with Gasteiger partial charge in [-0.15, -0.1) is 0 Å². The third-order valence-corrected chi connectivity index (χ3v) is 8.32. The van der Waals surface area contributed by atoms with Crippen LogP contribution in [0.5, 0.6) is 11.5 Å². The van der Waals surface area contributed by atoms with Gasteiger partial charge in [-0.1, -0.05) is 51.1 Å². The normalized spacial score (nSPS) is 12.0. The van der Waals surface area contributed by atoms with Crippen LogP contribution in [-0.4, -0.2) is 58.5 Å². The lowest BCUT2D eigenvalue weighted by atomic mass is 10.1. The van der Waals surface area contributed by atoms with E-state index in [0.717, 1.165) is 9.87 Å². The molecule has 0 aliphatic carbocycles. The van der Waals surface area contributed by atoms with E-state index in [2.05, 4.69) is 5.32 Å². The number of methoxy groups -OCH3 is 2. The van der Waals surface area contributed by atoms with Crippen molar-refractivity contribution in [2.45, 2.75) is 44.7 Å². The van der Waals surface area contributed by atoms with E-state index in [1.165, 1.54) is 24.1 Å². The van der Waals surface area contributed by atoms with Crippen LogP contribution in [0.4, 0.5) is 5.69 Å². The minimum Gasteiger partial charge on any atom is -0.497 e. The van der Waals surface area contributed by atoms with E-state index < -0.39 is 28.5 Å². The Hall–Kier alpha value is -4.05. The van der Waals surface area contributed by atoms with Gasteiger partial charge in [-0.2, -0.15) is 0 Å².